The first-order chi connectivity index (χ1) is 12.1. The molecule has 25 heavy (non-hydrogen) atoms. The highest BCUT2D eigenvalue weighted by molar-refractivity contribution is 5.39. The van der Waals surface area contributed by atoms with Gasteiger partial charge in [-0.2, -0.15) is 5.26 Å². The second-order valence-corrected chi connectivity index (χ2v) is 6.56. The summed E-state index contributed by atoms with van der Waals surface area (Å²) in [5.41, 5.74) is 3.13. The van der Waals surface area contributed by atoms with E-state index < -0.39 is 0 Å². The minimum Gasteiger partial charge on any atom is -0.493 e. The molecule has 1 aliphatic heterocycles. The molecule has 5 heteroatoms. The summed E-state index contributed by atoms with van der Waals surface area (Å²) >= 11 is 0. The van der Waals surface area contributed by atoms with Crippen LogP contribution in [0.25, 0.3) is 0 Å². The van der Waals surface area contributed by atoms with E-state index in [0.29, 0.717) is 0 Å². The molecule has 0 unspecified atom stereocenters. The largest absolute Gasteiger partial charge is 0.493 e. The van der Waals surface area contributed by atoms with Crippen LogP contribution >= 0.6 is 0 Å². The van der Waals surface area contributed by atoms with Crippen molar-refractivity contribution in [1.29, 1.82) is 5.26 Å². The van der Waals surface area contributed by atoms with Gasteiger partial charge in [0.2, 0.25) is 0 Å². The number of rotatable bonds is 5. The lowest BCUT2D eigenvalue weighted by molar-refractivity contribution is 0.0942. The minimum absolute atomic E-state index is 0.221. The second kappa shape index (κ2) is 7.62. The fraction of sp³-hybridized carbons (Fsp3) is 0.450. The zero-order valence-electron chi connectivity index (χ0n) is 15.2. The van der Waals surface area contributed by atoms with Crippen LogP contribution in [0.3, 0.4) is 0 Å². The quantitative estimate of drug-likeness (QED) is 0.839. The highest BCUT2D eigenvalue weighted by Crippen LogP contribution is 2.29. The van der Waals surface area contributed by atoms with Gasteiger partial charge in [0.1, 0.15) is 17.9 Å². The van der Waals surface area contributed by atoms with Crippen molar-refractivity contribution in [1.82, 2.24) is 9.47 Å². The van der Waals surface area contributed by atoms with E-state index in [2.05, 4.69) is 17.9 Å². The predicted octanol–water partition coefficient (Wildman–Crippen LogP) is 3.26. The molecular weight excluding hydrogens is 314 g/mol. The average Bonchev–Trinajstić information content (AvgIpc) is 2.91. The molecule has 2 heterocycles. The highest BCUT2D eigenvalue weighted by atomic mass is 16.5. The van der Waals surface area contributed by atoms with Crippen molar-refractivity contribution in [2.45, 2.75) is 32.4 Å². The summed E-state index contributed by atoms with van der Waals surface area (Å²) < 4.78 is 13.5. The van der Waals surface area contributed by atoms with E-state index in [9.17, 15) is 0 Å². The smallest absolute Gasteiger partial charge is 0.161 e. The molecule has 3 rings (SSSR count). The molecule has 0 saturated carbocycles. The Hall–Kier alpha value is -2.45. The van der Waals surface area contributed by atoms with Crippen LogP contribution in [0.1, 0.15) is 29.8 Å². The molecule has 1 aromatic carbocycles. The van der Waals surface area contributed by atoms with Crippen LogP contribution in [0.2, 0.25) is 0 Å². The van der Waals surface area contributed by atoms with E-state index in [0.717, 1.165) is 49.7 Å². The number of aromatic nitrogens is 1. The molecule has 132 valence electrons. The third-order valence-corrected chi connectivity index (χ3v) is 5.05. The molecule has 1 aromatic heterocycles. The number of likely N-dealkylation sites (tertiary alicyclic amines) is 1. The Bertz CT molecular complexity index is 768. The van der Waals surface area contributed by atoms with Gasteiger partial charge in [0.25, 0.3) is 0 Å². The van der Waals surface area contributed by atoms with E-state index in [1.165, 1.54) is 11.3 Å². The topological polar surface area (TPSA) is 50.4 Å². The molecule has 1 aliphatic rings. The van der Waals surface area contributed by atoms with Crippen LogP contribution in [0.4, 0.5) is 0 Å². The van der Waals surface area contributed by atoms with Gasteiger partial charge in [-0.05, 0) is 43.5 Å². The van der Waals surface area contributed by atoms with Gasteiger partial charge in [-0.1, -0.05) is 12.1 Å². The van der Waals surface area contributed by atoms with E-state index >= 15 is 0 Å². The summed E-state index contributed by atoms with van der Waals surface area (Å²) in [4.78, 5) is 2.44. The lowest BCUT2D eigenvalue weighted by atomic mass is 10.1. The van der Waals surface area contributed by atoms with Crippen LogP contribution in [0.5, 0.6) is 11.5 Å². The third-order valence-electron chi connectivity index (χ3n) is 5.05. The molecule has 0 bridgehead atoms. The number of nitriles is 1. The molecule has 0 spiro atoms. The van der Waals surface area contributed by atoms with Crippen LogP contribution in [-0.4, -0.2) is 35.8 Å². The van der Waals surface area contributed by atoms with Crippen LogP contribution in [0, 0.1) is 18.3 Å². The van der Waals surface area contributed by atoms with Crippen molar-refractivity contribution in [2.24, 2.45) is 7.05 Å². The van der Waals surface area contributed by atoms with E-state index in [1.807, 2.05) is 41.9 Å². The maximum absolute atomic E-state index is 9.17. The summed E-state index contributed by atoms with van der Waals surface area (Å²) in [6.45, 7) is 4.96. The molecular formula is C20H25N3O2. The zero-order valence-corrected chi connectivity index (χ0v) is 15.2. The molecule has 1 saturated heterocycles. The molecule has 0 aliphatic carbocycles. The van der Waals surface area contributed by atoms with E-state index in [-0.39, 0.29) is 6.10 Å². The van der Waals surface area contributed by atoms with Crippen LogP contribution in [0.15, 0.2) is 30.3 Å². The van der Waals surface area contributed by atoms with Crippen LogP contribution in [-0.2, 0) is 13.6 Å². The number of hydrogen-bond donors (Lipinski definition) is 0. The highest BCUT2D eigenvalue weighted by Gasteiger charge is 2.22. The number of piperidine rings is 1. The van der Waals surface area contributed by atoms with Gasteiger partial charge in [0.05, 0.1) is 7.11 Å². The van der Waals surface area contributed by atoms with Gasteiger partial charge >= 0.3 is 0 Å². The monoisotopic (exact) mass is 339 g/mol. The second-order valence-electron chi connectivity index (χ2n) is 6.56. The number of methoxy groups -OCH3 is 1. The van der Waals surface area contributed by atoms with Gasteiger partial charge in [0, 0.05) is 32.4 Å². The molecule has 5 nitrogen and oxygen atoms in total. The number of nitrogens with zero attached hydrogens (tertiary/aromatic N) is 3. The molecule has 0 N–H and O–H groups in total. The summed E-state index contributed by atoms with van der Waals surface area (Å²) in [5, 5.41) is 9.17. The number of ether oxygens (including phenoxy) is 2. The van der Waals surface area contributed by atoms with E-state index in [4.69, 9.17) is 14.7 Å². The van der Waals surface area contributed by atoms with Crippen molar-refractivity contribution < 1.29 is 9.47 Å². The average molecular weight is 339 g/mol. The first-order valence-corrected chi connectivity index (χ1v) is 8.69. The predicted molar refractivity (Wildman–Crippen MR) is 96.8 cm³/mol. The Balaban J connectivity index is 1.56. The Morgan fingerprint density at radius 2 is 1.88 bits per heavy atom. The van der Waals surface area contributed by atoms with Crippen LogP contribution < -0.4 is 9.47 Å². The van der Waals surface area contributed by atoms with Crippen molar-refractivity contribution in [3.63, 3.8) is 0 Å². The Kier molecular flexibility index (Phi) is 5.30. The zero-order chi connectivity index (χ0) is 17.8. The van der Waals surface area contributed by atoms with Crippen molar-refractivity contribution in [2.75, 3.05) is 20.2 Å². The molecule has 0 atom stereocenters. The maximum Gasteiger partial charge on any atom is 0.161 e. The Morgan fingerprint density at radius 3 is 2.48 bits per heavy atom. The van der Waals surface area contributed by atoms with Gasteiger partial charge in [-0.3, -0.25) is 4.90 Å². The van der Waals surface area contributed by atoms with Gasteiger partial charge < -0.3 is 14.0 Å². The third kappa shape index (κ3) is 3.80. The number of hydrogen-bond acceptors (Lipinski definition) is 4. The first kappa shape index (κ1) is 17.4. The lowest BCUT2D eigenvalue weighted by Gasteiger charge is -2.32. The number of benzene rings is 1. The standard InChI is InChI=1S/C20H25N3O2/c1-15-16(12-17(13-21)22(15)2)14-23-10-8-18(9-11-23)25-20-7-5-4-6-19(20)24-3/h4-7,12,18H,8-11,14H2,1-3H3. The summed E-state index contributed by atoms with van der Waals surface area (Å²) in [5.74, 6) is 1.61. The molecule has 1 fully saturated rings. The lowest BCUT2D eigenvalue weighted by Crippen LogP contribution is -2.37. The minimum atomic E-state index is 0.221. The summed E-state index contributed by atoms with van der Waals surface area (Å²) in [6.07, 6.45) is 2.21. The molecule has 2 aromatic rings. The molecule has 0 amide bonds. The Labute approximate surface area is 149 Å². The SMILES string of the molecule is COc1ccccc1OC1CCN(Cc2cc(C#N)n(C)c2C)CC1. The summed E-state index contributed by atoms with van der Waals surface area (Å²) in [7, 11) is 3.62. The summed E-state index contributed by atoms with van der Waals surface area (Å²) in [6, 6.07) is 12.1. The normalized spacial score (nSPS) is 15.8. The van der Waals surface area contributed by atoms with Crippen molar-refractivity contribution >= 4 is 0 Å². The van der Waals surface area contributed by atoms with Gasteiger partial charge in [0.15, 0.2) is 11.5 Å². The Morgan fingerprint density at radius 1 is 1.20 bits per heavy atom. The van der Waals surface area contributed by atoms with Gasteiger partial charge in [-0.15, -0.1) is 0 Å². The van der Waals surface area contributed by atoms with Crippen molar-refractivity contribution in [3.8, 4) is 17.6 Å². The molecule has 0 radical (unpaired) electrons. The van der Waals surface area contributed by atoms with Crippen molar-refractivity contribution in [3.05, 3.63) is 47.3 Å². The van der Waals surface area contributed by atoms with E-state index in [1.54, 1.807) is 7.11 Å². The van der Waals surface area contributed by atoms with Gasteiger partial charge in [-0.25, -0.2) is 0 Å². The first-order valence-electron chi connectivity index (χ1n) is 8.69. The fourth-order valence-electron chi connectivity index (χ4n) is 3.35. The number of para-hydroxylation sites is 2. The maximum atomic E-state index is 9.17. The fourth-order valence-corrected chi connectivity index (χ4v) is 3.35.